The molecule has 17 heavy (non-hydrogen) atoms. The van der Waals surface area contributed by atoms with Crippen molar-refractivity contribution in [2.75, 3.05) is 5.88 Å². The lowest BCUT2D eigenvalue weighted by Gasteiger charge is -2.18. The van der Waals surface area contributed by atoms with Crippen LogP contribution in [0.4, 0.5) is 13.2 Å². The monoisotopic (exact) mass is 264 g/mol. The Morgan fingerprint density at radius 1 is 1.24 bits per heavy atom. The van der Waals surface area contributed by atoms with Crippen molar-refractivity contribution in [3.05, 3.63) is 35.4 Å². The van der Waals surface area contributed by atoms with Crippen LogP contribution in [0.2, 0.25) is 0 Å². The molecule has 1 aromatic carbocycles. The molecule has 0 aromatic heterocycles. The number of hydrogen-bond acceptors (Lipinski definition) is 0. The second kappa shape index (κ2) is 5.76. The summed E-state index contributed by atoms with van der Waals surface area (Å²) in [6.07, 6.45) is -3.69. The fraction of sp³-hybridized carbons (Fsp3) is 0.538. The van der Waals surface area contributed by atoms with Gasteiger partial charge in [0.25, 0.3) is 0 Å². The van der Waals surface area contributed by atoms with Gasteiger partial charge in [0.2, 0.25) is 0 Å². The van der Waals surface area contributed by atoms with E-state index >= 15 is 0 Å². The standard InChI is InChI=1S/C13H16ClF3/c1-9(2)11(8-14)6-10-4-3-5-12(7-10)13(15,16)17/h3-5,7,9,11H,6,8H2,1-2H3. The molecule has 0 aliphatic heterocycles. The van der Waals surface area contributed by atoms with Crippen LogP contribution in [0.15, 0.2) is 24.3 Å². The van der Waals surface area contributed by atoms with E-state index in [-0.39, 0.29) is 5.92 Å². The summed E-state index contributed by atoms with van der Waals surface area (Å²) < 4.78 is 37.6. The summed E-state index contributed by atoms with van der Waals surface area (Å²) in [7, 11) is 0. The summed E-state index contributed by atoms with van der Waals surface area (Å²) >= 11 is 5.82. The van der Waals surface area contributed by atoms with Gasteiger partial charge in [-0.1, -0.05) is 32.0 Å². The highest BCUT2D eigenvalue weighted by molar-refractivity contribution is 6.18. The fourth-order valence-corrected chi connectivity index (χ4v) is 2.11. The maximum atomic E-state index is 12.5. The van der Waals surface area contributed by atoms with E-state index < -0.39 is 11.7 Å². The average molecular weight is 265 g/mol. The highest BCUT2D eigenvalue weighted by Crippen LogP contribution is 2.30. The number of rotatable bonds is 4. The molecule has 0 amide bonds. The van der Waals surface area contributed by atoms with Crippen molar-refractivity contribution in [3.8, 4) is 0 Å². The molecule has 0 nitrogen and oxygen atoms in total. The van der Waals surface area contributed by atoms with Crippen LogP contribution in [0.5, 0.6) is 0 Å². The van der Waals surface area contributed by atoms with E-state index in [1.807, 2.05) is 13.8 Å². The van der Waals surface area contributed by atoms with Gasteiger partial charge in [-0.2, -0.15) is 13.2 Å². The first-order chi connectivity index (χ1) is 7.84. The van der Waals surface area contributed by atoms with Crippen molar-refractivity contribution in [2.45, 2.75) is 26.4 Å². The molecule has 0 radical (unpaired) electrons. The minimum atomic E-state index is -4.27. The van der Waals surface area contributed by atoms with Crippen molar-refractivity contribution in [1.29, 1.82) is 0 Å². The molecule has 96 valence electrons. The molecule has 0 bridgehead atoms. The van der Waals surface area contributed by atoms with Gasteiger partial charge in [-0.25, -0.2) is 0 Å². The van der Waals surface area contributed by atoms with Crippen molar-refractivity contribution < 1.29 is 13.2 Å². The summed E-state index contributed by atoms with van der Waals surface area (Å²) in [5.74, 6) is 1.04. The summed E-state index contributed by atoms with van der Waals surface area (Å²) in [6.45, 7) is 4.06. The highest BCUT2D eigenvalue weighted by atomic mass is 35.5. The van der Waals surface area contributed by atoms with Gasteiger partial charge >= 0.3 is 6.18 Å². The molecule has 0 aliphatic carbocycles. The lowest BCUT2D eigenvalue weighted by Crippen LogP contribution is -2.14. The van der Waals surface area contributed by atoms with Crippen LogP contribution in [0, 0.1) is 11.8 Å². The van der Waals surface area contributed by atoms with Gasteiger partial charge in [0.15, 0.2) is 0 Å². The summed E-state index contributed by atoms with van der Waals surface area (Å²) in [4.78, 5) is 0. The molecule has 1 unspecified atom stereocenters. The minimum absolute atomic E-state index is 0.208. The Balaban J connectivity index is 2.85. The first-order valence-electron chi connectivity index (χ1n) is 5.56. The number of hydrogen-bond donors (Lipinski definition) is 0. The molecular formula is C13H16ClF3. The SMILES string of the molecule is CC(C)C(CCl)Cc1cccc(C(F)(F)F)c1. The topological polar surface area (TPSA) is 0 Å². The zero-order valence-electron chi connectivity index (χ0n) is 9.89. The predicted octanol–water partition coefficient (Wildman–Crippen LogP) is 4.76. The first kappa shape index (κ1) is 14.4. The van der Waals surface area contributed by atoms with Crippen LogP contribution in [0.3, 0.4) is 0 Å². The van der Waals surface area contributed by atoms with Crippen LogP contribution in [0.25, 0.3) is 0 Å². The zero-order valence-corrected chi connectivity index (χ0v) is 10.6. The predicted molar refractivity (Wildman–Crippen MR) is 64.2 cm³/mol. The molecule has 1 aromatic rings. The Morgan fingerprint density at radius 3 is 2.35 bits per heavy atom. The molecule has 1 rings (SSSR count). The number of benzene rings is 1. The van der Waals surface area contributed by atoms with E-state index in [0.717, 1.165) is 6.07 Å². The van der Waals surface area contributed by atoms with E-state index in [9.17, 15) is 13.2 Å². The third-order valence-corrected chi connectivity index (χ3v) is 3.29. The maximum Gasteiger partial charge on any atom is 0.416 e. The van der Waals surface area contributed by atoms with Crippen LogP contribution < -0.4 is 0 Å². The Hall–Kier alpha value is -0.700. The Bertz CT molecular complexity index is 358. The second-order valence-corrected chi connectivity index (χ2v) is 4.87. The van der Waals surface area contributed by atoms with Gasteiger partial charge in [0.1, 0.15) is 0 Å². The highest BCUT2D eigenvalue weighted by Gasteiger charge is 2.30. The summed E-state index contributed by atoms with van der Waals surface area (Å²) in [5.41, 5.74) is 0.103. The lowest BCUT2D eigenvalue weighted by molar-refractivity contribution is -0.137. The lowest BCUT2D eigenvalue weighted by atomic mass is 9.90. The molecular weight excluding hydrogens is 249 g/mol. The van der Waals surface area contributed by atoms with Crippen molar-refractivity contribution >= 4 is 11.6 Å². The third kappa shape index (κ3) is 4.23. The molecule has 0 saturated heterocycles. The minimum Gasteiger partial charge on any atom is -0.166 e. The average Bonchev–Trinajstić information content (AvgIpc) is 2.24. The van der Waals surface area contributed by atoms with Gasteiger partial charge in [-0.05, 0) is 29.9 Å². The largest absolute Gasteiger partial charge is 0.416 e. The maximum absolute atomic E-state index is 12.5. The van der Waals surface area contributed by atoms with Gasteiger partial charge in [-0.15, -0.1) is 11.6 Å². The van der Waals surface area contributed by atoms with Crippen molar-refractivity contribution in [2.24, 2.45) is 11.8 Å². The normalized spacial score (nSPS) is 14.1. The number of halogens is 4. The zero-order chi connectivity index (χ0) is 13.1. The third-order valence-electron chi connectivity index (χ3n) is 2.89. The van der Waals surface area contributed by atoms with Crippen LogP contribution >= 0.6 is 11.6 Å². The van der Waals surface area contributed by atoms with Crippen LogP contribution in [-0.2, 0) is 12.6 Å². The molecule has 0 heterocycles. The molecule has 0 fully saturated rings. The van der Waals surface area contributed by atoms with E-state index in [2.05, 4.69) is 0 Å². The van der Waals surface area contributed by atoms with Crippen molar-refractivity contribution in [3.63, 3.8) is 0 Å². The van der Waals surface area contributed by atoms with E-state index in [0.29, 0.717) is 23.8 Å². The fourth-order valence-electron chi connectivity index (χ4n) is 1.65. The molecule has 0 N–H and O–H groups in total. The second-order valence-electron chi connectivity index (χ2n) is 4.56. The van der Waals surface area contributed by atoms with E-state index in [1.54, 1.807) is 6.07 Å². The Labute approximate surface area is 105 Å². The van der Waals surface area contributed by atoms with Gasteiger partial charge in [0.05, 0.1) is 5.56 Å². The van der Waals surface area contributed by atoms with Crippen molar-refractivity contribution in [1.82, 2.24) is 0 Å². The van der Waals surface area contributed by atoms with Gasteiger partial charge in [-0.3, -0.25) is 0 Å². The van der Waals surface area contributed by atoms with E-state index in [4.69, 9.17) is 11.6 Å². The quantitative estimate of drug-likeness (QED) is 0.688. The Morgan fingerprint density at radius 2 is 1.88 bits per heavy atom. The molecule has 0 aliphatic rings. The smallest absolute Gasteiger partial charge is 0.166 e. The molecule has 1 atom stereocenters. The molecule has 0 spiro atoms. The number of alkyl halides is 4. The first-order valence-corrected chi connectivity index (χ1v) is 6.10. The van der Waals surface area contributed by atoms with Gasteiger partial charge < -0.3 is 0 Å². The Kier molecular flexibility index (Phi) is 4.87. The van der Waals surface area contributed by atoms with Crippen LogP contribution in [-0.4, -0.2) is 5.88 Å². The van der Waals surface area contributed by atoms with Crippen LogP contribution in [0.1, 0.15) is 25.0 Å². The summed E-state index contributed by atoms with van der Waals surface area (Å²) in [6, 6.07) is 5.47. The van der Waals surface area contributed by atoms with Gasteiger partial charge in [0, 0.05) is 5.88 Å². The van der Waals surface area contributed by atoms with E-state index in [1.165, 1.54) is 12.1 Å². The molecule has 0 saturated carbocycles. The summed E-state index contributed by atoms with van der Waals surface area (Å²) in [5, 5.41) is 0. The molecule has 4 heteroatoms.